The summed E-state index contributed by atoms with van der Waals surface area (Å²) in [7, 11) is 0. The minimum atomic E-state index is -0.538. The molecule has 0 N–H and O–H groups in total. The van der Waals surface area contributed by atoms with Crippen LogP contribution >= 0.6 is 0 Å². The van der Waals surface area contributed by atoms with Crippen molar-refractivity contribution in [2.75, 3.05) is 19.8 Å². The first-order chi connectivity index (χ1) is 22.1. The predicted molar refractivity (Wildman–Crippen MR) is 186 cm³/mol. The lowest BCUT2D eigenvalue weighted by atomic mass is 9.94. The van der Waals surface area contributed by atoms with Crippen molar-refractivity contribution in [3.63, 3.8) is 0 Å². The molecule has 248 valence electrons. The van der Waals surface area contributed by atoms with Crippen LogP contribution in [0, 0.1) is 5.82 Å². The molecule has 2 atom stereocenters. The molecule has 5 heteroatoms. The average Bonchev–Trinajstić information content (AvgIpc) is 3.06. The molecular formula is C40H57FO4. The van der Waals surface area contributed by atoms with Crippen LogP contribution in [-0.2, 0) is 9.47 Å². The van der Waals surface area contributed by atoms with Crippen molar-refractivity contribution in [1.82, 2.24) is 0 Å². The molecule has 0 radical (unpaired) electrons. The highest BCUT2D eigenvalue weighted by molar-refractivity contribution is 5.84. The van der Waals surface area contributed by atoms with Gasteiger partial charge in [0, 0.05) is 12.2 Å². The Labute approximate surface area is 272 Å². The lowest BCUT2D eigenvalue weighted by Crippen LogP contribution is -2.37. The minimum absolute atomic E-state index is 0.185. The summed E-state index contributed by atoms with van der Waals surface area (Å²) in [6.07, 6.45) is 13.9. The van der Waals surface area contributed by atoms with E-state index in [-0.39, 0.29) is 11.9 Å². The maximum Gasteiger partial charge on any atom is 0.226 e. The lowest BCUT2D eigenvalue weighted by Gasteiger charge is -2.27. The monoisotopic (exact) mass is 620 g/mol. The Morgan fingerprint density at radius 2 is 1.16 bits per heavy atom. The van der Waals surface area contributed by atoms with E-state index in [4.69, 9.17) is 18.9 Å². The highest BCUT2D eigenvalue weighted by atomic mass is 19.1. The zero-order chi connectivity index (χ0) is 32.1. The highest BCUT2D eigenvalue weighted by Gasteiger charge is 2.24. The quantitative estimate of drug-likeness (QED) is 0.0737. The van der Waals surface area contributed by atoms with Crippen LogP contribution in [-0.4, -0.2) is 32.2 Å². The van der Waals surface area contributed by atoms with Crippen LogP contribution < -0.4 is 9.47 Å². The summed E-state index contributed by atoms with van der Waals surface area (Å²) < 4.78 is 40.7. The molecule has 0 saturated carbocycles. The molecule has 0 aromatic heterocycles. The predicted octanol–water partition coefficient (Wildman–Crippen LogP) is 11.8. The van der Waals surface area contributed by atoms with Crippen LogP contribution in [0.1, 0.15) is 111 Å². The van der Waals surface area contributed by atoms with E-state index < -0.39 is 6.29 Å². The van der Waals surface area contributed by atoms with Gasteiger partial charge in [-0.1, -0.05) is 122 Å². The molecule has 0 fully saturated rings. The molecular weight excluding hydrogens is 563 g/mol. The van der Waals surface area contributed by atoms with E-state index in [0.29, 0.717) is 31.1 Å². The summed E-state index contributed by atoms with van der Waals surface area (Å²) in [6, 6.07) is 20.9. The first kappa shape index (κ1) is 36.6. The van der Waals surface area contributed by atoms with E-state index in [1.54, 1.807) is 6.07 Å². The molecule has 0 bridgehead atoms. The van der Waals surface area contributed by atoms with Gasteiger partial charge in [-0.15, -0.1) is 0 Å². The second-order valence-corrected chi connectivity index (χ2v) is 11.9. The van der Waals surface area contributed by atoms with Gasteiger partial charge in [-0.2, -0.15) is 0 Å². The van der Waals surface area contributed by atoms with E-state index in [1.165, 1.54) is 38.2 Å². The smallest absolute Gasteiger partial charge is 0.226 e. The number of ether oxygens (including phenoxy) is 4. The molecule has 0 heterocycles. The third-order valence-corrected chi connectivity index (χ3v) is 8.12. The summed E-state index contributed by atoms with van der Waals surface area (Å²) in [5.41, 5.74) is 3.02. The van der Waals surface area contributed by atoms with Crippen molar-refractivity contribution >= 4 is 0 Å². The van der Waals surface area contributed by atoms with E-state index in [9.17, 15) is 0 Å². The Bertz CT molecular complexity index is 1210. The molecule has 0 aliphatic heterocycles. The molecule has 0 saturated heterocycles. The number of halogens is 1. The first-order valence-electron chi connectivity index (χ1n) is 17.6. The average molecular weight is 621 g/mol. The van der Waals surface area contributed by atoms with Crippen molar-refractivity contribution in [1.29, 1.82) is 0 Å². The SMILES string of the molecule is CCCCCCCCOc1cccc(-c2cccc(F)c2-c2cccc(OC(OCCCCC)[C@H](CC)OCCCCC)c2)c1. The third-order valence-electron chi connectivity index (χ3n) is 8.12. The molecule has 0 spiro atoms. The molecule has 0 aliphatic carbocycles. The second kappa shape index (κ2) is 21.8. The van der Waals surface area contributed by atoms with Crippen LogP contribution in [0.4, 0.5) is 4.39 Å². The fourth-order valence-corrected chi connectivity index (χ4v) is 5.49. The summed E-state index contributed by atoms with van der Waals surface area (Å²) in [5, 5.41) is 0. The summed E-state index contributed by atoms with van der Waals surface area (Å²) in [4.78, 5) is 0. The van der Waals surface area contributed by atoms with Gasteiger partial charge in [0.2, 0.25) is 6.29 Å². The van der Waals surface area contributed by atoms with Crippen molar-refractivity contribution in [2.24, 2.45) is 0 Å². The Hall–Kier alpha value is -2.89. The van der Waals surface area contributed by atoms with E-state index >= 15 is 4.39 Å². The molecule has 1 unspecified atom stereocenters. The molecule has 3 rings (SSSR count). The molecule has 3 aromatic rings. The van der Waals surface area contributed by atoms with E-state index in [1.807, 2.05) is 54.6 Å². The van der Waals surface area contributed by atoms with Crippen LogP contribution in [0.3, 0.4) is 0 Å². The Balaban J connectivity index is 1.79. The maximum atomic E-state index is 15.6. The van der Waals surface area contributed by atoms with Gasteiger partial charge in [-0.25, -0.2) is 4.39 Å². The van der Waals surface area contributed by atoms with Gasteiger partial charge in [0.1, 0.15) is 23.4 Å². The topological polar surface area (TPSA) is 36.9 Å². The van der Waals surface area contributed by atoms with E-state index in [2.05, 4.69) is 27.7 Å². The zero-order valence-electron chi connectivity index (χ0n) is 28.3. The van der Waals surface area contributed by atoms with Gasteiger partial charge in [-0.3, -0.25) is 0 Å². The summed E-state index contributed by atoms with van der Waals surface area (Å²) in [6.45, 7) is 10.7. The molecule has 3 aromatic carbocycles. The first-order valence-corrected chi connectivity index (χ1v) is 17.6. The van der Waals surface area contributed by atoms with Gasteiger partial charge in [0.05, 0.1) is 13.2 Å². The Morgan fingerprint density at radius 1 is 0.578 bits per heavy atom. The van der Waals surface area contributed by atoms with Gasteiger partial charge >= 0.3 is 0 Å². The largest absolute Gasteiger partial charge is 0.494 e. The number of benzene rings is 3. The summed E-state index contributed by atoms with van der Waals surface area (Å²) >= 11 is 0. The number of hydrogen-bond donors (Lipinski definition) is 0. The molecule has 0 aliphatic rings. The fourth-order valence-electron chi connectivity index (χ4n) is 5.49. The maximum absolute atomic E-state index is 15.6. The van der Waals surface area contributed by atoms with Crippen molar-refractivity contribution in [3.05, 3.63) is 72.5 Å². The summed E-state index contributed by atoms with van der Waals surface area (Å²) in [5.74, 6) is 1.16. The normalized spacial score (nSPS) is 12.6. The van der Waals surface area contributed by atoms with E-state index in [0.717, 1.165) is 73.8 Å². The second-order valence-electron chi connectivity index (χ2n) is 11.9. The van der Waals surface area contributed by atoms with Gasteiger partial charge in [-0.05, 0) is 72.7 Å². The van der Waals surface area contributed by atoms with Crippen molar-refractivity contribution in [3.8, 4) is 33.8 Å². The Kier molecular flexibility index (Phi) is 17.7. The van der Waals surface area contributed by atoms with Crippen molar-refractivity contribution < 1.29 is 23.3 Å². The van der Waals surface area contributed by atoms with Crippen LogP contribution in [0.15, 0.2) is 66.7 Å². The van der Waals surface area contributed by atoms with Crippen molar-refractivity contribution in [2.45, 2.75) is 124 Å². The standard InChI is InChI=1S/C40H57FO4/c1-5-9-12-13-14-17-27-42-34-23-18-21-32(30-34)36-25-20-26-37(41)39(36)33-22-19-24-35(31-33)45-40(44-29-16-11-7-3)38(8-4)43-28-15-10-6-2/h18-26,30-31,38,40H,5-17,27-29H2,1-4H3/t38-,40?/m0/s1. The van der Waals surface area contributed by atoms with Crippen LogP contribution in [0.5, 0.6) is 11.5 Å². The van der Waals surface area contributed by atoms with Gasteiger partial charge < -0.3 is 18.9 Å². The lowest BCUT2D eigenvalue weighted by molar-refractivity contribution is -0.165. The minimum Gasteiger partial charge on any atom is -0.494 e. The molecule has 45 heavy (non-hydrogen) atoms. The van der Waals surface area contributed by atoms with Crippen LogP contribution in [0.2, 0.25) is 0 Å². The number of unbranched alkanes of at least 4 members (excludes halogenated alkanes) is 9. The van der Waals surface area contributed by atoms with Gasteiger partial charge in [0.25, 0.3) is 0 Å². The third kappa shape index (κ3) is 12.8. The fraction of sp³-hybridized carbons (Fsp3) is 0.550. The highest BCUT2D eigenvalue weighted by Crippen LogP contribution is 2.37. The zero-order valence-corrected chi connectivity index (χ0v) is 28.3. The molecule has 0 amide bonds. The Morgan fingerprint density at radius 3 is 1.89 bits per heavy atom. The van der Waals surface area contributed by atoms with Gasteiger partial charge in [0.15, 0.2) is 0 Å². The molecule has 4 nitrogen and oxygen atoms in total. The number of rotatable bonds is 24. The van der Waals surface area contributed by atoms with Crippen LogP contribution in [0.25, 0.3) is 22.3 Å². The number of hydrogen-bond acceptors (Lipinski definition) is 4.